The molecule has 3 N–H and O–H groups in total. The normalized spacial score (nSPS) is 10.2. The van der Waals surface area contributed by atoms with E-state index in [2.05, 4.69) is 15.6 Å². The summed E-state index contributed by atoms with van der Waals surface area (Å²) in [5.41, 5.74) is 3.26. The van der Waals surface area contributed by atoms with E-state index in [0.29, 0.717) is 23.8 Å². The number of nitrogen functional groups attached to an aromatic ring is 1. The number of hydrazine groups is 1. The molecule has 2 rings (SSSR count). The monoisotopic (exact) mass is 250 g/mol. The molecule has 0 atom stereocenters. The quantitative estimate of drug-likeness (QED) is 0.602. The first-order valence-corrected chi connectivity index (χ1v) is 5.26. The second-order valence-corrected chi connectivity index (χ2v) is 3.51. The summed E-state index contributed by atoms with van der Waals surface area (Å²) in [5.74, 6) is 6.96. The fourth-order valence-corrected chi connectivity index (χ4v) is 1.55. The van der Waals surface area contributed by atoms with E-state index in [1.54, 1.807) is 14.2 Å². The van der Waals surface area contributed by atoms with Crippen molar-refractivity contribution in [1.29, 1.82) is 0 Å². The highest BCUT2D eigenvalue weighted by Crippen LogP contribution is 2.28. The lowest BCUT2D eigenvalue weighted by molar-refractivity contribution is 0.354. The molecule has 2 aromatic rings. The second kappa shape index (κ2) is 5.37. The highest BCUT2D eigenvalue weighted by atomic mass is 16.5. The summed E-state index contributed by atoms with van der Waals surface area (Å²) in [6.45, 7) is 0. The number of nitrogens with two attached hydrogens (primary N) is 1. The molecule has 7 heteroatoms. The lowest BCUT2D eigenvalue weighted by Crippen LogP contribution is -2.06. The smallest absolute Gasteiger partial charge is 0.330 e. The van der Waals surface area contributed by atoms with Crippen LogP contribution in [0.25, 0.3) is 0 Å². The number of nitrogens with zero attached hydrogens (tertiary/aromatic N) is 2. The van der Waals surface area contributed by atoms with Crippen LogP contribution in [0.4, 0.5) is 6.01 Å². The predicted molar refractivity (Wildman–Crippen MR) is 64.5 cm³/mol. The van der Waals surface area contributed by atoms with Crippen LogP contribution in [0.1, 0.15) is 11.5 Å². The zero-order valence-electron chi connectivity index (χ0n) is 10.1. The zero-order valence-corrected chi connectivity index (χ0v) is 10.1. The van der Waals surface area contributed by atoms with Crippen molar-refractivity contribution in [3.63, 3.8) is 0 Å². The molecule has 0 radical (unpaired) electrons. The Balaban J connectivity index is 2.18. The summed E-state index contributed by atoms with van der Waals surface area (Å²) in [6, 6.07) is 5.78. The Kier molecular flexibility index (Phi) is 3.63. The molecular formula is C11H14N4O3. The molecule has 0 amide bonds. The Hall–Kier alpha value is -2.28. The highest BCUT2D eigenvalue weighted by molar-refractivity contribution is 5.43. The molecular weight excluding hydrogens is 236 g/mol. The SMILES string of the molecule is COc1ccc(Cc2nnc(NN)o2)cc1OC. The van der Waals surface area contributed by atoms with Gasteiger partial charge < -0.3 is 13.9 Å². The number of hydrogen-bond acceptors (Lipinski definition) is 7. The maximum absolute atomic E-state index is 5.24. The van der Waals surface area contributed by atoms with E-state index in [1.165, 1.54) is 0 Å². The third kappa shape index (κ3) is 2.51. The molecule has 18 heavy (non-hydrogen) atoms. The summed E-state index contributed by atoms with van der Waals surface area (Å²) in [6.07, 6.45) is 0.495. The average Bonchev–Trinajstić information content (AvgIpc) is 2.86. The first kappa shape index (κ1) is 12.2. The summed E-state index contributed by atoms with van der Waals surface area (Å²) in [7, 11) is 3.18. The van der Waals surface area contributed by atoms with Gasteiger partial charge in [0.25, 0.3) is 0 Å². The molecule has 0 spiro atoms. The van der Waals surface area contributed by atoms with Crippen LogP contribution in [0.5, 0.6) is 11.5 Å². The Bertz CT molecular complexity index is 527. The number of rotatable bonds is 5. The van der Waals surface area contributed by atoms with Gasteiger partial charge in [-0.3, -0.25) is 5.43 Å². The minimum atomic E-state index is 0.186. The van der Waals surface area contributed by atoms with E-state index < -0.39 is 0 Å². The zero-order chi connectivity index (χ0) is 13.0. The number of benzene rings is 1. The summed E-state index contributed by atoms with van der Waals surface area (Å²) in [4.78, 5) is 0. The lowest BCUT2D eigenvalue weighted by atomic mass is 10.1. The van der Waals surface area contributed by atoms with Gasteiger partial charge in [0, 0.05) is 0 Å². The van der Waals surface area contributed by atoms with Gasteiger partial charge in [-0.2, -0.15) is 0 Å². The van der Waals surface area contributed by atoms with Crippen molar-refractivity contribution >= 4 is 6.01 Å². The molecule has 1 aromatic carbocycles. The maximum atomic E-state index is 5.24. The third-order valence-corrected chi connectivity index (χ3v) is 2.39. The predicted octanol–water partition coefficient (Wildman–Crippen LogP) is 0.963. The molecule has 0 fully saturated rings. The van der Waals surface area contributed by atoms with E-state index in [0.717, 1.165) is 5.56 Å². The van der Waals surface area contributed by atoms with Gasteiger partial charge in [-0.1, -0.05) is 11.2 Å². The molecule has 0 aliphatic carbocycles. The van der Waals surface area contributed by atoms with Crippen molar-refractivity contribution in [1.82, 2.24) is 10.2 Å². The van der Waals surface area contributed by atoms with Crippen molar-refractivity contribution in [2.24, 2.45) is 5.84 Å². The number of nitrogens with one attached hydrogen (secondary N) is 1. The molecule has 0 saturated heterocycles. The fraction of sp³-hybridized carbons (Fsp3) is 0.273. The van der Waals surface area contributed by atoms with Gasteiger partial charge in [0.1, 0.15) is 0 Å². The number of aromatic nitrogens is 2. The summed E-state index contributed by atoms with van der Waals surface area (Å²) >= 11 is 0. The number of methoxy groups -OCH3 is 2. The van der Waals surface area contributed by atoms with Crippen LogP contribution < -0.4 is 20.7 Å². The molecule has 96 valence electrons. The highest BCUT2D eigenvalue weighted by Gasteiger charge is 2.09. The molecule has 0 bridgehead atoms. The first-order valence-electron chi connectivity index (χ1n) is 5.26. The number of hydrogen-bond donors (Lipinski definition) is 2. The third-order valence-electron chi connectivity index (χ3n) is 2.39. The van der Waals surface area contributed by atoms with E-state index in [9.17, 15) is 0 Å². The molecule has 0 aliphatic heterocycles. The standard InChI is InChI=1S/C11H14N4O3/c1-16-8-4-3-7(5-9(8)17-2)6-10-14-15-11(13-12)18-10/h3-5H,6,12H2,1-2H3,(H,13,15). The van der Waals surface area contributed by atoms with Crippen molar-refractivity contribution in [2.45, 2.75) is 6.42 Å². The van der Waals surface area contributed by atoms with Crippen LogP contribution in [-0.4, -0.2) is 24.4 Å². The number of anilines is 1. The first-order chi connectivity index (χ1) is 8.76. The Morgan fingerprint density at radius 3 is 2.61 bits per heavy atom. The van der Waals surface area contributed by atoms with Crippen LogP contribution >= 0.6 is 0 Å². The summed E-state index contributed by atoms with van der Waals surface area (Å²) in [5, 5.41) is 7.55. The molecule has 1 heterocycles. The van der Waals surface area contributed by atoms with Crippen molar-refractivity contribution in [3.05, 3.63) is 29.7 Å². The van der Waals surface area contributed by atoms with Gasteiger partial charge in [0.15, 0.2) is 11.5 Å². The van der Waals surface area contributed by atoms with Crippen molar-refractivity contribution in [2.75, 3.05) is 19.6 Å². The van der Waals surface area contributed by atoms with E-state index in [4.69, 9.17) is 19.7 Å². The van der Waals surface area contributed by atoms with Crippen molar-refractivity contribution < 1.29 is 13.9 Å². The van der Waals surface area contributed by atoms with Crippen molar-refractivity contribution in [3.8, 4) is 11.5 Å². The van der Waals surface area contributed by atoms with E-state index in [-0.39, 0.29) is 6.01 Å². The molecule has 0 unspecified atom stereocenters. The second-order valence-electron chi connectivity index (χ2n) is 3.51. The fourth-order valence-electron chi connectivity index (χ4n) is 1.55. The molecule has 0 saturated carbocycles. The van der Waals surface area contributed by atoms with Crippen LogP contribution in [0.15, 0.2) is 22.6 Å². The van der Waals surface area contributed by atoms with Gasteiger partial charge in [0.05, 0.1) is 20.6 Å². The topological polar surface area (TPSA) is 95.4 Å². The lowest BCUT2D eigenvalue weighted by Gasteiger charge is -2.08. The molecule has 7 nitrogen and oxygen atoms in total. The van der Waals surface area contributed by atoms with Gasteiger partial charge in [-0.15, -0.1) is 5.10 Å². The van der Waals surface area contributed by atoms with Crippen LogP contribution in [0.3, 0.4) is 0 Å². The number of ether oxygens (including phenoxy) is 2. The average molecular weight is 250 g/mol. The van der Waals surface area contributed by atoms with Gasteiger partial charge in [-0.05, 0) is 17.7 Å². The van der Waals surface area contributed by atoms with Crippen LogP contribution in [0.2, 0.25) is 0 Å². The Morgan fingerprint density at radius 2 is 2.00 bits per heavy atom. The van der Waals surface area contributed by atoms with Gasteiger partial charge in [0.2, 0.25) is 5.89 Å². The Labute approximate surface area is 104 Å². The molecule has 1 aromatic heterocycles. The van der Waals surface area contributed by atoms with Crippen LogP contribution in [0, 0.1) is 0 Å². The van der Waals surface area contributed by atoms with Crippen LogP contribution in [-0.2, 0) is 6.42 Å². The van der Waals surface area contributed by atoms with Gasteiger partial charge in [-0.25, -0.2) is 5.84 Å². The minimum Gasteiger partial charge on any atom is -0.493 e. The van der Waals surface area contributed by atoms with Gasteiger partial charge >= 0.3 is 6.01 Å². The summed E-state index contributed by atoms with van der Waals surface area (Å²) < 4.78 is 15.6. The molecule has 0 aliphatic rings. The largest absolute Gasteiger partial charge is 0.493 e. The maximum Gasteiger partial charge on any atom is 0.330 e. The minimum absolute atomic E-state index is 0.186. The Morgan fingerprint density at radius 1 is 1.22 bits per heavy atom. The van der Waals surface area contributed by atoms with E-state index in [1.807, 2.05) is 18.2 Å². The van der Waals surface area contributed by atoms with E-state index >= 15 is 0 Å².